The second-order valence-electron chi connectivity index (χ2n) is 3.97. The van der Waals surface area contributed by atoms with Gasteiger partial charge in [0.05, 0.1) is 6.04 Å². The van der Waals surface area contributed by atoms with Gasteiger partial charge in [-0.3, -0.25) is 0 Å². The molecule has 0 aliphatic carbocycles. The second kappa shape index (κ2) is 5.70. The Morgan fingerprint density at radius 1 is 1.08 bits per heavy atom. The van der Waals surface area contributed by atoms with Gasteiger partial charge in [-0.2, -0.15) is 0 Å². The molecule has 1 unspecified atom stereocenters. The summed E-state index contributed by atoms with van der Waals surface area (Å²) >= 11 is 0. The van der Waals surface area contributed by atoms with Crippen molar-refractivity contribution < 1.29 is 0 Å². The van der Waals surface area contributed by atoms with Crippen LogP contribution in [0, 0.1) is 17.9 Å². The molecule has 0 aromatic carbocycles. The quantitative estimate of drug-likeness (QED) is 0.390. The lowest BCUT2D eigenvalue weighted by Gasteiger charge is -2.12. The van der Waals surface area contributed by atoms with Gasteiger partial charge in [0.15, 0.2) is 0 Å². The highest BCUT2D eigenvalue weighted by atomic mass is 14.9. The van der Waals surface area contributed by atoms with Crippen LogP contribution in [0.25, 0.3) is 0 Å². The fourth-order valence-corrected chi connectivity index (χ4v) is 0.836. The summed E-state index contributed by atoms with van der Waals surface area (Å²) in [6.45, 7) is 12.7. The zero-order valence-corrected chi connectivity index (χ0v) is 9.65. The highest BCUT2D eigenvalue weighted by Crippen LogP contribution is 2.06. The second-order valence-corrected chi connectivity index (χ2v) is 3.97. The molecule has 1 nitrogen and oxygen atoms in total. The summed E-state index contributed by atoms with van der Waals surface area (Å²) in [6.07, 6.45) is 0. The van der Waals surface area contributed by atoms with Crippen LogP contribution in [0.3, 0.4) is 0 Å². The first-order valence-corrected chi connectivity index (χ1v) is 4.85. The Bertz CT molecular complexity index is 234. The minimum atomic E-state index is 0.358. The van der Waals surface area contributed by atoms with Gasteiger partial charge in [-0.05, 0) is 27.7 Å². The molecule has 0 amide bonds. The van der Waals surface area contributed by atoms with E-state index in [1.807, 2.05) is 0 Å². The maximum absolute atomic E-state index is 3.18. The van der Waals surface area contributed by atoms with E-state index in [0.717, 1.165) is 0 Å². The predicted octanol–water partition coefficient (Wildman–Crippen LogP) is 2.94. The molecule has 0 aromatic heterocycles. The summed E-state index contributed by atoms with van der Waals surface area (Å²) < 4.78 is 0. The van der Waals surface area contributed by atoms with E-state index in [1.54, 1.807) is 0 Å². The van der Waals surface area contributed by atoms with Crippen LogP contribution in [0.1, 0.15) is 41.5 Å². The van der Waals surface area contributed by atoms with Crippen molar-refractivity contribution in [3.63, 3.8) is 0 Å². The average Bonchev–Trinajstić information content (AvgIpc) is 2.02. The summed E-state index contributed by atoms with van der Waals surface area (Å²) in [4.78, 5) is 0. The van der Waals surface area contributed by atoms with Crippen molar-refractivity contribution in [2.75, 3.05) is 0 Å². The maximum Gasteiger partial charge on any atom is 0.0521 e. The van der Waals surface area contributed by atoms with Gasteiger partial charge in [-0.25, -0.2) is 0 Å². The van der Waals surface area contributed by atoms with Gasteiger partial charge in [0.25, 0.3) is 0 Å². The van der Waals surface area contributed by atoms with Gasteiger partial charge in [0.2, 0.25) is 0 Å². The SMILES string of the molecule is CC(C)=C(C)C(C)NC#CC(C)C. The van der Waals surface area contributed by atoms with Gasteiger partial charge in [0.1, 0.15) is 0 Å². The Morgan fingerprint density at radius 3 is 2.00 bits per heavy atom. The van der Waals surface area contributed by atoms with E-state index in [1.165, 1.54) is 11.1 Å². The van der Waals surface area contributed by atoms with Gasteiger partial charge in [-0.1, -0.05) is 30.9 Å². The number of allylic oxidation sites excluding steroid dienone is 1. The summed E-state index contributed by atoms with van der Waals surface area (Å²) in [6, 6.07) is 3.34. The smallest absolute Gasteiger partial charge is 0.0521 e. The van der Waals surface area contributed by atoms with E-state index < -0.39 is 0 Å². The number of rotatable bonds is 2. The van der Waals surface area contributed by atoms with E-state index in [-0.39, 0.29) is 0 Å². The van der Waals surface area contributed by atoms with Crippen LogP contribution in [0.4, 0.5) is 0 Å². The third kappa shape index (κ3) is 5.36. The molecule has 0 aliphatic heterocycles. The topological polar surface area (TPSA) is 12.0 Å². The van der Waals surface area contributed by atoms with E-state index in [2.05, 4.69) is 58.8 Å². The average molecular weight is 179 g/mol. The van der Waals surface area contributed by atoms with Gasteiger partial charge in [0, 0.05) is 12.0 Å². The molecule has 0 aliphatic rings. The van der Waals surface area contributed by atoms with Crippen LogP contribution in [0.15, 0.2) is 11.1 Å². The Labute approximate surface area is 82.6 Å². The van der Waals surface area contributed by atoms with Crippen LogP contribution in [0.5, 0.6) is 0 Å². The van der Waals surface area contributed by atoms with E-state index >= 15 is 0 Å². The summed E-state index contributed by atoms with van der Waals surface area (Å²) in [5.74, 6) is 3.52. The van der Waals surface area contributed by atoms with E-state index in [0.29, 0.717) is 12.0 Å². The van der Waals surface area contributed by atoms with Crippen LogP contribution in [-0.2, 0) is 0 Å². The molecule has 1 atom stereocenters. The lowest BCUT2D eigenvalue weighted by Crippen LogP contribution is -2.22. The molecule has 1 N–H and O–H groups in total. The Morgan fingerprint density at radius 2 is 1.62 bits per heavy atom. The first-order valence-electron chi connectivity index (χ1n) is 4.85. The molecule has 0 spiro atoms. The molecule has 74 valence electrons. The summed E-state index contributed by atoms with van der Waals surface area (Å²) in [5.41, 5.74) is 2.74. The molecule has 0 radical (unpaired) electrons. The standard InChI is InChI=1S/C12H21N/c1-9(2)7-8-13-12(6)11(5)10(3)4/h9,12-13H,1-6H3. The number of nitrogens with one attached hydrogen (secondary N) is 1. The fraction of sp³-hybridized carbons (Fsp3) is 0.667. The predicted molar refractivity (Wildman–Crippen MR) is 59.3 cm³/mol. The van der Waals surface area contributed by atoms with Crippen molar-refractivity contribution >= 4 is 0 Å². The maximum atomic E-state index is 3.18. The van der Waals surface area contributed by atoms with Crippen molar-refractivity contribution in [1.82, 2.24) is 5.32 Å². The highest BCUT2D eigenvalue weighted by Gasteiger charge is 2.01. The lowest BCUT2D eigenvalue weighted by molar-refractivity contribution is 0.734. The van der Waals surface area contributed by atoms with Gasteiger partial charge >= 0.3 is 0 Å². The van der Waals surface area contributed by atoms with Crippen LogP contribution < -0.4 is 5.32 Å². The van der Waals surface area contributed by atoms with Crippen LogP contribution in [-0.4, -0.2) is 6.04 Å². The molecule has 0 rings (SSSR count). The van der Waals surface area contributed by atoms with Crippen LogP contribution in [0.2, 0.25) is 0 Å². The molecule has 0 aromatic rings. The summed E-state index contributed by atoms with van der Waals surface area (Å²) in [7, 11) is 0. The third-order valence-corrected chi connectivity index (χ3v) is 2.09. The molecule has 0 bridgehead atoms. The van der Waals surface area contributed by atoms with Crippen molar-refractivity contribution in [3.8, 4) is 12.0 Å². The molecule has 1 heteroatoms. The Balaban J connectivity index is 4.12. The molecule has 0 saturated carbocycles. The number of hydrogen-bond acceptors (Lipinski definition) is 1. The minimum absolute atomic E-state index is 0.358. The normalized spacial score (nSPS) is 11.6. The molecular formula is C12H21N. The largest absolute Gasteiger partial charge is 0.339 e. The molecule has 0 heterocycles. The van der Waals surface area contributed by atoms with Crippen LogP contribution >= 0.6 is 0 Å². The van der Waals surface area contributed by atoms with Crippen molar-refractivity contribution in [3.05, 3.63) is 11.1 Å². The highest BCUT2D eigenvalue weighted by molar-refractivity contribution is 5.15. The van der Waals surface area contributed by atoms with Crippen molar-refractivity contribution in [2.24, 2.45) is 5.92 Å². The lowest BCUT2D eigenvalue weighted by atomic mass is 10.1. The minimum Gasteiger partial charge on any atom is -0.339 e. The van der Waals surface area contributed by atoms with E-state index in [9.17, 15) is 0 Å². The zero-order valence-electron chi connectivity index (χ0n) is 9.65. The van der Waals surface area contributed by atoms with E-state index in [4.69, 9.17) is 0 Å². The zero-order chi connectivity index (χ0) is 10.4. The first kappa shape index (κ1) is 12.1. The molecule has 0 saturated heterocycles. The third-order valence-electron chi connectivity index (χ3n) is 2.09. The first-order chi connectivity index (χ1) is 5.95. The molecular weight excluding hydrogens is 158 g/mol. The Hall–Kier alpha value is -0.900. The summed E-state index contributed by atoms with van der Waals surface area (Å²) in [5, 5.41) is 3.18. The van der Waals surface area contributed by atoms with Crippen molar-refractivity contribution in [1.29, 1.82) is 0 Å². The molecule has 13 heavy (non-hydrogen) atoms. The Kier molecular flexibility index (Phi) is 5.30. The molecule has 0 fully saturated rings. The number of hydrogen-bond donors (Lipinski definition) is 1. The fourth-order valence-electron chi connectivity index (χ4n) is 0.836. The van der Waals surface area contributed by atoms with Gasteiger partial charge < -0.3 is 5.32 Å². The van der Waals surface area contributed by atoms with Crippen molar-refractivity contribution in [2.45, 2.75) is 47.6 Å². The van der Waals surface area contributed by atoms with Gasteiger partial charge in [-0.15, -0.1) is 0 Å². The monoisotopic (exact) mass is 179 g/mol.